The fraction of sp³-hybridized carbons (Fsp3) is 0.250. The molecule has 174 valence electrons. The van der Waals surface area contributed by atoms with E-state index in [2.05, 4.69) is 51.7 Å². The molecule has 1 aliphatic carbocycles. The number of fused-ring (bicyclic) bond motifs is 1. The summed E-state index contributed by atoms with van der Waals surface area (Å²) in [5.74, 6) is 1.64. The van der Waals surface area contributed by atoms with Crippen LogP contribution in [-0.4, -0.2) is 20.0 Å². The summed E-state index contributed by atoms with van der Waals surface area (Å²) in [6.45, 7) is 2.06. The van der Waals surface area contributed by atoms with Gasteiger partial charge in [0.25, 0.3) is 0 Å². The van der Waals surface area contributed by atoms with Gasteiger partial charge in [0.2, 0.25) is 0 Å². The van der Waals surface area contributed by atoms with E-state index in [0.29, 0.717) is 12.8 Å². The first-order chi connectivity index (χ1) is 16.5. The van der Waals surface area contributed by atoms with Crippen molar-refractivity contribution >= 4 is 33.1 Å². The van der Waals surface area contributed by atoms with E-state index in [1.165, 1.54) is 0 Å². The fourth-order valence-corrected chi connectivity index (χ4v) is 5.31. The molecule has 5 nitrogen and oxygen atoms in total. The summed E-state index contributed by atoms with van der Waals surface area (Å²) in [5, 5.41) is 7.24. The molecule has 0 spiro atoms. The number of aryl methyl sites for hydroxylation is 1. The Balaban J connectivity index is 1.62. The third kappa shape index (κ3) is 4.07. The number of Topliss-reactive ketones (excluding diaryl/α,β-unsaturated/α-hetero) is 1. The van der Waals surface area contributed by atoms with Gasteiger partial charge in [-0.2, -0.15) is 0 Å². The van der Waals surface area contributed by atoms with Crippen LogP contribution in [0.15, 0.2) is 76.4 Å². The van der Waals surface area contributed by atoms with Crippen LogP contribution in [0.3, 0.4) is 0 Å². The zero-order valence-electron chi connectivity index (χ0n) is 19.4. The number of carbonyl (C=O) groups excluding carboxylic acids is 1. The summed E-state index contributed by atoms with van der Waals surface area (Å²) in [6.07, 6.45) is 1.11. The summed E-state index contributed by atoms with van der Waals surface area (Å²) < 4.78 is 12.1. The summed E-state index contributed by atoms with van der Waals surface area (Å²) in [7, 11) is 3.31. The number of hydrogen-bond acceptors (Lipinski definition) is 5. The molecule has 3 aromatic carbocycles. The number of carbonyl (C=O) groups is 1. The molecule has 0 amide bonds. The number of rotatable bonds is 4. The van der Waals surface area contributed by atoms with Crippen molar-refractivity contribution in [3.05, 3.63) is 93.1 Å². The van der Waals surface area contributed by atoms with E-state index in [-0.39, 0.29) is 17.7 Å². The van der Waals surface area contributed by atoms with Gasteiger partial charge in [0, 0.05) is 33.6 Å². The first kappa shape index (κ1) is 22.5. The minimum absolute atomic E-state index is 0.0144. The van der Waals surface area contributed by atoms with Gasteiger partial charge in [-0.15, -0.1) is 0 Å². The monoisotopic (exact) mass is 518 g/mol. The molecule has 5 rings (SSSR count). The molecule has 1 aliphatic heterocycles. The van der Waals surface area contributed by atoms with Gasteiger partial charge >= 0.3 is 0 Å². The van der Waals surface area contributed by atoms with Crippen LogP contribution in [-0.2, 0) is 4.79 Å². The molecule has 0 saturated carbocycles. The van der Waals surface area contributed by atoms with Crippen molar-refractivity contribution < 1.29 is 14.3 Å². The van der Waals surface area contributed by atoms with E-state index >= 15 is 0 Å². The smallest absolute Gasteiger partial charge is 0.163 e. The van der Waals surface area contributed by atoms with Gasteiger partial charge in [0.05, 0.1) is 31.6 Å². The Kier molecular flexibility index (Phi) is 6.09. The largest absolute Gasteiger partial charge is 0.497 e. The van der Waals surface area contributed by atoms with Gasteiger partial charge in [-0.1, -0.05) is 40.2 Å². The lowest BCUT2D eigenvalue weighted by atomic mass is 9.78. The Morgan fingerprint density at radius 3 is 2.47 bits per heavy atom. The molecule has 3 aromatic rings. The maximum Gasteiger partial charge on any atom is 0.163 e. The standard InChI is InChI=1S/C28H27BrN2O3/c1-16-8-9-17(12-21(16)29)28-27-24(30-22-6-4-5-7-23(22)31-28)13-18(14-25(27)32)20-15-19(33-2)10-11-26(20)34-3/h4-12,15,18,28,30-31H,13-14H2,1-3H3. The van der Waals surface area contributed by atoms with E-state index in [1.807, 2.05) is 42.5 Å². The lowest BCUT2D eigenvalue weighted by Crippen LogP contribution is -2.27. The molecule has 0 saturated heterocycles. The van der Waals surface area contributed by atoms with E-state index in [1.54, 1.807) is 14.2 Å². The van der Waals surface area contributed by atoms with Crippen LogP contribution in [0, 0.1) is 6.92 Å². The number of allylic oxidation sites excluding steroid dienone is 1. The third-order valence-electron chi connectivity index (χ3n) is 6.71. The van der Waals surface area contributed by atoms with Crippen molar-refractivity contribution in [3.8, 4) is 11.5 Å². The van der Waals surface area contributed by atoms with Gasteiger partial charge in [0.15, 0.2) is 5.78 Å². The predicted octanol–water partition coefficient (Wildman–Crippen LogP) is 6.75. The van der Waals surface area contributed by atoms with Crippen LogP contribution in [0.5, 0.6) is 11.5 Å². The van der Waals surface area contributed by atoms with Crippen LogP contribution in [0.2, 0.25) is 0 Å². The molecule has 6 heteroatoms. The average Bonchev–Trinajstić information content (AvgIpc) is 3.02. The second kappa shape index (κ2) is 9.18. The number of ether oxygens (including phenoxy) is 2. The Morgan fingerprint density at radius 2 is 1.74 bits per heavy atom. The summed E-state index contributed by atoms with van der Waals surface area (Å²) >= 11 is 3.67. The lowest BCUT2D eigenvalue weighted by molar-refractivity contribution is -0.116. The van der Waals surface area contributed by atoms with Gasteiger partial charge in [-0.3, -0.25) is 4.79 Å². The minimum Gasteiger partial charge on any atom is -0.497 e. The van der Waals surface area contributed by atoms with E-state index in [0.717, 1.165) is 55.3 Å². The number of para-hydroxylation sites is 2. The summed E-state index contributed by atoms with van der Waals surface area (Å²) in [5.41, 5.74) is 6.88. The molecule has 2 atom stereocenters. The fourth-order valence-electron chi connectivity index (χ4n) is 4.91. The second-order valence-electron chi connectivity index (χ2n) is 8.79. The van der Waals surface area contributed by atoms with Gasteiger partial charge in [-0.05, 0) is 60.9 Å². The lowest BCUT2D eigenvalue weighted by Gasteiger charge is -2.30. The molecular weight excluding hydrogens is 492 g/mol. The van der Waals surface area contributed by atoms with Crippen LogP contribution in [0.1, 0.15) is 41.5 Å². The number of hydrogen-bond donors (Lipinski definition) is 2. The van der Waals surface area contributed by atoms with Crippen molar-refractivity contribution in [1.29, 1.82) is 0 Å². The van der Waals surface area contributed by atoms with Crippen molar-refractivity contribution in [3.63, 3.8) is 0 Å². The molecule has 2 unspecified atom stereocenters. The maximum atomic E-state index is 13.8. The zero-order valence-corrected chi connectivity index (χ0v) is 21.0. The first-order valence-corrected chi connectivity index (χ1v) is 12.1. The molecule has 2 N–H and O–H groups in total. The SMILES string of the molecule is COc1ccc(OC)c(C2CC(=O)C3=C(C2)Nc2ccccc2NC3c2ccc(C)c(Br)c2)c1. The maximum absolute atomic E-state index is 13.8. The van der Waals surface area contributed by atoms with E-state index in [9.17, 15) is 4.79 Å². The number of methoxy groups -OCH3 is 2. The summed E-state index contributed by atoms with van der Waals surface area (Å²) in [6, 6.07) is 19.9. The highest BCUT2D eigenvalue weighted by molar-refractivity contribution is 9.10. The van der Waals surface area contributed by atoms with Crippen LogP contribution < -0.4 is 20.1 Å². The second-order valence-corrected chi connectivity index (χ2v) is 9.64. The van der Waals surface area contributed by atoms with Gasteiger partial charge in [-0.25, -0.2) is 0 Å². The molecule has 0 fully saturated rings. The highest BCUT2D eigenvalue weighted by Crippen LogP contribution is 2.46. The molecule has 0 radical (unpaired) electrons. The quantitative estimate of drug-likeness (QED) is 0.399. The van der Waals surface area contributed by atoms with E-state index in [4.69, 9.17) is 9.47 Å². The normalized spacial score (nSPS) is 19.4. The third-order valence-corrected chi connectivity index (χ3v) is 7.57. The molecule has 1 heterocycles. The van der Waals surface area contributed by atoms with Gasteiger partial charge < -0.3 is 20.1 Å². The highest BCUT2D eigenvalue weighted by atomic mass is 79.9. The topological polar surface area (TPSA) is 59.6 Å². The van der Waals surface area contributed by atoms with Gasteiger partial charge in [0.1, 0.15) is 11.5 Å². The van der Waals surface area contributed by atoms with Crippen LogP contribution in [0.25, 0.3) is 0 Å². The van der Waals surface area contributed by atoms with Crippen molar-refractivity contribution in [2.24, 2.45) is 0 Å². The Labute approximate surface area is 208 Å². The molecule has 0 bridgehead atoms. The zero-order chi connectivity index (χ0) is 23.8. The first-order valence-electron chi connectivity index (χ1n) is 11.3. The van der Waals surface area contributed by atoms with Crippen LogP contribution >= 0.6 is 15.9 Å². The number of ketones is 1. The van der Waals surface area contributed by atoms with Crippen molar-refractivity contribution in [1.82, 2.24) is 0 Å². The highest BCUT2D eigenvalue weighted by Gasteiger charge is 2.37. The Morgan fingerprint density at radius 1 is 0.941 bits per heavy atom. The predicted molar refractivity (Wildman–Crippen MR) is 139 cm³/mol. The van der Waals surface area contributed by atoms with E-state index < -0.39 is 0 Å². The summed E-state index contributed by atoms with van der Waals surface area (Å²) in [4.78, 5) is 13.8. The molecular formula is C28H27BrN2O3. The minimum atomic E-state index is -0.247. The van der Waals surface area contributed by atoms with Crippen molar-refractivity contribution in [2.75, 3.05) is 24.9 Å². The van der Waals surface area contributed by atoms with Crippen LogP contribution in [0.4, 0.5) is 11.4 Å². The Bertz CT molecular complexity index is 1300. The number of halogens is 1. The number of nitrogens with one attached hydrogen (secondary N) is 2. The molecule has 2 aliphatic rings. The Hall–Kier alpha value is -3.25. The number of anilines is 2. The number of benzene rings is 3. The molecule has 34 heavy (non-hydrogen) atoms. The van der Waals surface area contributed by atoms with Crippen molar-refractivity contribution in [2.45, 2.75) is 31.7 Å². The molecule has 0 aromatic heterocycles. The average molecular weight is 519 g/mol.